The molecule has 4 heteroatoms. The highest BCUT2D eigenvalue weighted by molar-refractivity contribution is 7.45. The highest BCUT2D eigenvalue weighted by Gasteiger charge is 1.98. The summed E-state index contributed by atoms with van der Waals surface area (Å²) in [6.45, 7) is 0.350. The SMILES string of the molecule is OP(O)CCOc1ccccc1. The van der Waals surface area contributed by atoms with E-state index in [0.717, 1.165) is 5.75 Å². The zero-order chi connectivity index (χ0) is 8.81. The lowest BCUT2D eigenvalue weighted by Crippen LogP contribution is -2.00. The van der Waals surface area contributed by atoms with Crippen LogP contribution in [0.2, 0.25) is 0 Å². The molecule has 0 fully saturated rings. The predicted octanol–water partition coefficient (Wildman–Crippen LogP) is 1.36. The molecule has 0 spiro atoms. The van der Waals surface area contributed by atoms with Gasteiger partial charge in [-0.3, -0.25) is 0 Å². The molecule has 1 aromatic carbocycles. The average Bonchev–Trinajstić information content (AvgIpc) is 2.05. The van der Waals surface area contributed by atoms with E-state index in [0.29, 0.717) is 12.8 Å². The average molecular weight is 186 g/mol. The van der Waals surface area contributed by atoms with Gasteiger partial charge in [-0.2, -0.15) is 0 Å². The Bertz CT molecular complexity index is 213. The molecular weight excluding hydrogens is 175 g/mol. The molecule has 1 rings (SSSR count). The zero-order valence-electron chi connectivity index (χ0n) is 6.55. The van der Waals surface area contributed by atoms with Crippen LogP contribution in [-0.4, -0.2) is 22.6 Å². The summed E-state index contributed by atoms with van der Waals surface area (Å²) in [5.74, 6) is 0.759. The largest absolute Gasteiger partial charge is 0.493 e. The second kappa shape index (κ2) is 5.09. The van der Waals surface area contributed by atoms with Gasteiger partial charge in [0.2, 0.25) is 0 Å². The fourth-order valence-corrected chi connectivity index (χ4v) is 1.02. The van der Waals surface area contributed by atoms with E-state index in [2.05, 4.69) is 0 Å². The Morgan fingerprint density at radius 1 is 1.17 bits per heavy atom. The van der Waals surface area contributed by atoms with Crippen LogP contribution in [0.25, 0.3) is 0 Å². The third kappa shape index (κ3) is 3.67. The molecule has 0 saturated heterocycles. The first-order valence-corrected chi connectivity index (χ1v) is 5.05. The molecule has 0 unspecified atom stereocenters. The minimum absolute atomic E-state index is 0.296. The fourth-order valence-electron chi connectivity index (χ4n) is 0.762. The van der Waals surface area contributed by atoms with Crippen LogP contribution in [-0.2, 0) is 0 Å². The molecule has 0 radical (unpaired) electrons. The van der Waals surface area contributed by atoms with E-state index in [-0.39, 0.29) is 0 Å². The first-order valence-electron chi connectivity index (χ1n) is 3.62. The molecular formula is C8H11O3P. The Kier molecular flexibility index (Phi) is 4.01. The molecule has 0 aromatic heterocycles. The number of rotatable bonds is 4. The summed E-state index contributed by atoms with van der Waals surface area (Å²) in [6.07, 6.45) is 0.296. The summed E-state index contributed by atoms with van der Waals surface area (Å²) >= 11 is 0. The van der Waals surface area contributed by atoms with Crippen molar-refractivity contribution < 1.29 is 14.5 Å². The number of hydrogen-bond donors (Lipinski definition) is 2. The van der Waals surface area contributed by atoms with Crippen LogP contribution in [0, 0.1) is 0 Å². The van der Waals surface area contributed by atoms with Crippen molar-refractivity contribution in [1.82, 2.24) is 0 Å². The zero-order valence-corrected chi connectivity index (χ0v) is 7.45. The van der Waals surface area contributed by atoms with Gasteiger partial charge in [0.15, 0.2) is 8.38 Å². The van der Waals surface area contributed by atoms with Crippen molar-refractivity contribution in [2.45, 2.75) is 0 Å². The number of para-hydroxylation sites is 1. The molecule has 0 atom stereocenters. The van der Waals surface area contributed by atoms with Gasteiger partial charge in [-0.05, 0) is 12.1 Å². The summed E-state index contributed by atoms with van der Waals surface area (Å²) in [7, 11) is -1.82. The monoisotopic (exact) mass is 186 g/mol. The third-order valence-electron chi connectivity index (χ3n) is 1.30. The molecule has 0 saturated carbocycles. The molecule has 3 nitrogen and oxygen atoms in total. The van der Waals surface area contributed by atoms with Crippen molar-refractivity contribution in [2.24, 2.45) is 0 Å². The van der Waals surface area contributed by atoms with Gasteiger partial charge < -0.3 is 14.5 Å². The van der Waals surface area contributed by atoms with Crippen molar-refractivity contribution in [3.63, 3.8) is 0 Å². The van der Waals surface area contributed by atoms with Crippen LogP contribution in [0.15, 0.2) is 30.3 Å². The lowest BCUT2D eigenvalue weighted by atomic mass is 10.3. The maximum absolute atomic E-state index is 8.57. The minimum atomic E-state index is -1.82. The highest BCUT2D eigenvalue weighted by atomic mass is 31.2. The molecule has 1 aromatic rings. The first kappa shape index (κ1) is 9.46. The topological polar surface area (TPSA) is 49.7 Å². The van der Waals surface area contributed by atoms with Crippen LogP contribution >= 0.6 is 8.38 Å². The third-order valence-corrected chi connectivity index (χ3v) is 1.89. The van der Waals surface area contributed by atoms with E-state index in [1.54, 1.807) is 0 Å². The van der Waals surface area contributed by atoms with Crippen LogP contribution < -0.4 is 4.74 Å². The Balaban J connectivity index is 2.25. The summed E-state index contributed by atoms with van der Waals surface area (Å²) < 4.78 is 5.21. The van der Waals surface area contributed by atoms with Crippen molar-refractivity contribution in [3.05, 3.63) is 30.3 Å². The predicted molar refractivity (Wildman–Crippen MR) is 48.2 cm³/mol. The summed E-state index contributed by atoms with van der Waals surface area (Å²) in [6, 6.07) is 9.30. The number of ether oxygens (including phenoxy) is 1. The number of benzene rings is 1. The van der Waals surface area contributed by atoms with Crippen molar-refractivity contribution in [1.29, 1.82) is 0 Å². The van der Waals surface area contributed by atoms with Gasteiger partial charge in [-0.25, -0.2) is 0 Å². The molecule has 0 amide bonds. The minimum Gasteiger partial charge on any atom is -0.493 e. The molecule has 0 bridgehead atoms. The summed E-state index contributed by atoms with van der Waals surface area (Å²) in [5.41, 5.74) is 0. The number of hydrogen-bond acceptors (Lipinski definition) is 3. The first-order chi connectivity index (χ1) is 5.79. The second-order valence-electron chi connectivity index (χ2n) is 2.26. The standard InChI is InChI=1S/C8H11O3P/c9-12(10)7-6-11-8-4-2-1-3-5-8/h1-5,9-10H,6-7H2. The van der Waals surface area contributed by atoms with Crippen molar-refractivity contribution in [3.8, 4) is 5.75 Å². The van der Waals surface area contributed by atoms with Gasteiger partial charge in [0.25, 0.3) is 0 Å². The van der Waals surface area contributed by atoms with E-state index >= 15 is 0 Å². The Hall–Kier alpha value is -0.630. The molecule has 0 heterocycles. The van der Waals surface area contributed by atoms with E-state index < -0.39 is 8.38 Å². The van der Waals surface area contributed by atoms with E-state index in [9.17, 15) is 0 Å². The summed E-state index contributed by atoms with van der Waals surface area (Å²) in [4.78, 5) is 17.1. The van der Waals surface area contributed by atoms with Gasteiger partial charge in [-0.15, -0.1) is 0 Å². The Labute approximate surface area is 72.5 Å². The van der Waals surface area contributed by atoms with Gasteiger partial charge in [0, 0.05) is 0 Å². The molecule has 66 valence electrons. The van der Waals surface area contributed by atoms with Gasteiger partial charge >= 0.3 is 0 Å². The Morgan fingerprint density at radius 2 is 1.83 bits per heavy atom. The van der Waals surface area contributed by atoms with Gasteiger partial charge in [-0.1, -0.05) is 18.2 Å². The van der Waals surface area contributed by atoms with E-state index in [4.69, 9.17) is 14.5 Å². The summed E-state index contributed by atoms with van der Waals surface area (Å²) in [5, 5.41) is 0. The van der Waals surface area contributed by atoms with Crippen LogP contribution in [0.1, 0.15) is 0 Å². The fraction of sp³-hybridized carbons (Fsp3) is 0.250. The second-order valence-corrected chi connectivity index (χ2v) is 3.45. The van der Waals surface area contributed by atoms with Crippen LogP contribution in [0.5, 0.6) is 5.75 Å². The molecule has 0 aliphatic rings. The van der Waals surface area contributed by atoms with Crippen LogP contribution in [0.4, 0.5) is 0 Å². The smallest absolute Gasteiger partial charge is 0.168 e. The van der Waals surface area contributed by atoms with Gasteiger partial charge in [0.05, 0.1) is 12.8 Å². The molecule has 2 N–H and O–H groups in total. The Morgan fingerprint density at radius 3 is 2.42 bits per heavy atom. The molecule has 0 aliphatic heterocycles. The maximum atomic E-state index is 8.57. The highest BCUT2D eigenvalue weighted by Crippen LogP contribution is 2.21. The van der Waals surface area contributed by atoms with E-state index in [1.165, 1.54) is 0 Å². The van der Waals surface area contributed by atoms with E-state index in [1.807, 2.05) is 30.3 Å². The van der Waals surface area contributed by atoms with Crippen molar-refractivity contribution >= 4 is 8.38 Å². The van der Waals surface area contributed by atoms with Crippen LogP contribution in [0.3, 0.4) is 0 Å². The molecule has 12 heavy (non-hydrogen) atoms. The normalized spacial score (nSPS) is 10.2. The quantitative estimate of drug-likeness (QED) is 0.698. The lowest BCUT2D eigenvalue weighted by Gasteiger charge is -2.05. The maximum Gasteiger partial charge on any atom is 0.168 e. The lowest BCUT2D eigenvalue weighted by molar-refractivity contribution is 0.334. The molecule has 0 aliphatic carbocycles. The van der Waals surface area contributed by atoms with Crippen molar-refractivity contribution in [2.75, 3.05) is 12.8 Å². The van der Waals surface area contributed by atoms with Gasteiger partial charge in [0.1, 0.15) is 5.75 Å².